The summed E-state index contributed by atoms with van der Waals surface area (Å²) in [7, 11) is 2.09. The Hall–Kier alpha value is -3.33. The molecule has 3 nitrogen and oxygen atoms in total. The molecule has 3 aromatic carbocycles. The number of aromatic nitrogens is 3. The number of nitrogens with zero attached hydrogens (tertiary/aromatic N) is 3. The van der Waals surface area contributed by atoms with Gasteiger partial charge in [-0.15, -0.1) is 0 Å². The minimum Gasteiger partial charge on any atom is -0.333 e. The molecule has 0 saturated heterocycles. The number of benzene rings is 3. The lowest BCUT2D eigenvalue weighted by molar-refractivity contribution is 0.825. The Bertz CT molecular complexity index is 1210. The average molecular weight is 337 g/mol. The SMILES string of the molecule is Cn1c(-c2cc3ccccc3n2Cc2ccccc2)nc2ccccc21. The van der Waals surface area contributed by atoms with Gasteiger partial charge in [-0.05, 0) is 29.8 Å². The van der Waals surface area contributed by atoms with Crippen LogP contribution in [0.1, 0.15) is 5.56 Å². The molecule has 0 aliphatic rings. The number of aryl methyl sites for hydroxylation is 1. The summed E-state index contributed by atoms with van der Waals surface area (Å²) in [5.41, 5.74) is 5.85. The Labute approximate surface area is 152 Å². The van der Waals surface area contributed by atoms with Gasteiger partial charge in [0.2, 0.25) is 0 Å². The van der Waals surface area contributed by atoms with E-state index in [-0.39, 0.29) is 0 Å². The Morgan fingerprint density at radius 1 is 0.769 bits per heavy atom. The molecule has 0 fully saturated rings. The van der Waals surface area contributed by atoms with Gasteiger partial charge in [0.1, 0.15) is 0 Å². The molecule has 0 aliphatic heterocycles. The molecule has 0 N–H and O–H groups in total. The molecule has 2 aromatic heterocycles. The third-order valence-corrected chi connectivity index (χ3v) is 5.01. The molecule has 0 bridgehead atoms. The van der Waals surface area contributed by atoms with Crippen LogP contribution in [0.2, 0.25) is 0 Å². The van der Waals surface area contributed by atoms with Crippen LogP contribution in [0, 0.1) is 0 Å². The Morgan fingerprint density at radius 2 is 1.46 bits per heavy atom. The van der Waals surface area contributed by atoms with Crippen LogP contribution in [0.4, 0.5) is 0 Å². The van der Waals surface area contributed by atoms with Crippen LogP contribution in [0.25, 0.3) is 33.5 Å². The Morgan fingerprint density at radius 3 is 2.27 bits per heavy atom. The fourth-order valence-corrected chi connectivity index (χ4v) is 3.71. The number of para-hydroxylation sites is 3. The lowest BCUT2D eigenvalue weighted by Gasteiger charge is -2.11. The van der Waals surface area contributed by atoms with E-state index in [9.17, 15) is 0 Å². The van der Waals surface area contributed by atoms with Crippen molar-refractivity contribution in [2.24, 2.45) is 7.05 Å². The fourth-order valence-electron chi connectivity index (χ4n) is 3.71. The smallest absolute Gasteiger partial charge is 0.157 e. The van der Waals surface area contributed by atoms with Gasteiger partial charge in [-0.2, -0.15) is 0 Å². The molecule has 126 valence electrons. The largest absolute Gasteiger partial charge is 0.333 e. The fraction of sp³-hybridized carbons (Fsp3) is 0.0870. The van der Waals surface area contributed by atoms with Crippen molar-refractivity contribution in [3.05, 3.63) is 90.5 Å². The van der Waals surface area contributed by atoms with Crippen LogP contribution in [0.3, 0.4) is 0 Å². The lowest BCUT2D eigenvalue weighted by atomic mass is 10.2. The van der Waals surface area contributed by atoms with Crippen LogP contribution >= 0.6 is 0 Å². The van der Waals surface area contributed by atoms with Crippen molar-refractivity contribution in [2.45, 2.75) is 6.54 Å². The van der Waals surface area contributed by atoms with Crippen molar-refractivity contribution in [2.75, 3.05) is 0 Å². The van der Waals surface area contributed by atoms with Crippen molar-refractivity contribution >= 4 is 21.9 Å². The van der Waals surface area contributed by atoms with E-state index in [1.807, 2.05) is 6.07 Å². The monoisotopic (exact) mass is 337 g/mol. The third-order valence-electron chi connectivity index (χ3n) is 5.01. The molecule has 26 heavy (non-hydrogen) atoms. The van der Waals surface area contributed by atoms with E-state index in [2.05, 4.69) is 95.0 Å². The van der Waals surface area contributed by atoms with E-state index in [0.717, 1.165) is 29.1 Å². The van der Waals surface area contributed by atoms with E-state index in [1.54, 1.807) is 0 Å². The Balaban J connectivity index is 1.76. The van der Waals surface area contributed by atoms with Crippen molar-refractivity contribution < 1.29 is 0 Å². The molecule has 0 saturated carbocycles. The zero-order chi connectivity index (χ0) is 17.5. The summed E-state index contributed by atoms with van der Waals surface area (Å²) in [6.07, 6.45) is 0. The second kappa shape index (κ2) is 5.88. The van der Waals surface area contributed by atoms with Gasteiger partial charge in [0.25, 0.3) is 0 Å². The molecule has 5 aromatic rings. The first-order valence-corrected chi connectivity index (χ1v) is 8.85. The van der Waals surface area contributed by atoms with Gasteiger partial charge in [0.05, 0.1) is 16.7 Å². The zero-order valence-electron chi connectivity index (χ0n) is 14.6. The summed E-state index contributed by atoms with van der Waals surface area (Å²) in [5, 5.41) is 1.24. The summed E-state index contributed by atoms with van der Waals surface area (Å²) < 4.78 is 4.55. The summed E-state index contributed by atoms with van der Waals surface area (Å²) in [6.45, 7) is 0.826. The molecule has 3 heteroatoms. The minimum atomic E-state index is 0.826. The van der Waals surface area contributed by atoms with Gasteiger partial charge in [0, 0.05) is 24.5 Å². The molecular formula is C23H19N3. The van der Waals surface area contributed by atoms with E-state index in [1.165, 1.54) is 16.5 Å². The first kappa shape index (κ1) is 15.0. The number of fused-ring (bicyclic) bond motifs is 2. The van der Waals surface area contributed by atoms with E-state index in [0.29, 0.717) is 0 Å². The van der Waals surface area contributed by atoms with Gasteiger partial charge in [-0.3, -0.25) is 0 Å². The first-order valence-electron chi connectivity index (χ1n) is 8.85. The maximum Gasteiger partial charge on any atom is 0.157 e. The van der Waals surface area contributed by atoms with Crippen LogP contribution in [0.15, 0.2) is 84.9 Å². The highest BCUT2D eigenvalue weighted by atomic mass is 15.1. The van der Waals surface area contributed by atoms with Crippen LogP contribution in [0.5, 0.6) is 0 Å². The topological polar surface area (TPSA) is 22.8 Å². The summed E-state index contributed by atoms with van der Waals surface area (Å²) in [5.74, 6) is 0.998. The normalized spacial score (nSPS) is 11.4. The predicted molar refractivity (Wildman–Crippen MR) is 107 cm³/mol. The van der Waals surface area contributed by atoms with Gasteiger partial charge < -0.3 is 9.13 Å². The number of hydrogen-bond acceptors (Lipinski definition) is 1. The van der Waals surface area contributed by atoms with Crippen molar-refractivity contribution in [1.29, 1.82) is 0 Å². The van der Waals surface area contributed by atoms with Crippen LogP contribution < -0.4 is 0 Å². The van der Waals surface area contributed by atoms with E-state index >= 15 is 0 Å². The number of hydrogen-bond donors (Lipinski definition) is 0. The lowest BCUT2D eigenvalue weighted by Crippen LogP contribution is -2.04. The van der Waals surface area contributed by atoms with Gasteiger partial charge in [0.15, 0.2) is 5.82 Å². The molecule has 0 atom stereocenters. The molecule has 0 aliphatic carbocycles. The van der Waals surface area contributed by atoms with Crippen molar-refractivity contribution in [1.82, 2.24) is 14.1 Å². The summed E-state index contributed by atoms with van der Waals surface area (Å²) in [6, 6.07) is 29.7. The van der Waals surface area contributed by atoms with Crippen LogP contribution in [-0.4, -0.2) is 14.1 Å². The van der Waals surface area contributed by atoms with Crippen LogP contribution in [-0.2, 0) is 13.6 Å². The second-order valence-corrected chi connectivity index (χ2v) is 6.64. The molecule has 0 radical (unpaired) electrons. The maximum absolute atomic E-state index is 4.92. The minimum absolute atomic E-state index is 0.826. The highest BCUT2D eigenvalue weighted by molar-refractivity contribution is 5.88. The first-order chi connectivity index (χ1) is 12.8. The quantitative estimate of drug-likeness (QED) is 0.441. The molecule has 0 unspecified atom stereocenters. The summed E-state index contributed by atoms with van der Waals surface area (Å²) in [4.78, 5) is 4.92. The molecule has 0 amide bonds. The van der Waals surface area contributed by atoms with Gasteiger partial charge >= 0.3 is 0 Å². The highest BCUT2D eigenvalue weighted by Gasteiger charge is 2.16. The van der Waals surface area contributed by atoms with E-state index in [4.69, 9.17) is 4.98 Å². The van der Waals surface area contributed by atoms with Crippen molar-refractivity contribution in [3.8, 4) is 11.5 Å². The Kier molecular flexibility index (Phi) is 3.39. The van der Waals surface area contributed by atoms with Crippen molar-refractivity contribution in [3.63, 3.8) is 0 Å². The second-order valence-electron chi connectivity index (χ2n) is 6.64. The standard InChI is InChI=1S/C23H19N3/c1-25-21-14-8-6-12-19(21)24-23(25)22-15-18-11-5-7-13-20(18)26(22)16-17-9-3-2-4-10-17/h2-15H,16H2,1H3. The molecule has 5 rings (SSSR count). The van der Waals surface area contributed by atoms with Gasteiger partial charge in [-0.1, -0.05) is 60.7 Å². The summed E-state index contributed by atoms with van der Waals surface area (Å²) >= 11 is 0. The van der Waals surface area contributed by atoms with E-state index < -0.39 is 0 Å². The third kappa shape index (κ3) is 2.32. The maximum atomic E-state index is 4.92. The predicted octanol–water partition coefficient (Wildman–Crippen LogP) is 5.24. The number of imidazole rings is 1. The molecular weight excluding hydrogens is 318 g/mol. The van der Waals surface area contributed by atoms with Gasteiger partial charge in [-0.25, -0.2) is 4.98 Å². The molecule has 0 spiro atoms. The number of rotatable bonds is 3. The molecule has 2 heterocycles. The average Bonchev–Trinajstić information content (AvgIpc) is 3.21. The highest BCUT2D eigenvalue weighted by Crippen LogP contribution is 2.30. The zero-order valence-corrected chi connectivity index (χ0v) is 14.6.